The van der Waals surface area contributed by atoms with Gasteiger partial charge in [0.05, 0.1) is 0 Å². The van der Waals surface area contributed by atoms with Crippen LogP contribution in [-0.2, 0) is 11.2 Å². The van der Waals surface area contributed by atoms with Crippen LogP contribution in [0, 0.1) is 0 Å². The summed E-state index contributed by atoms with van der Waals surface area (Å²) in [5.74, 6) is -1.37. The van der Waals surface area contributed by atoms with E-state index in [9.17, 15) is 9.59 Å². The van der Waals surface area contributed by atoms with Crippen LogP contribution in [0.1, 0.15) is 113 Å². The molecule has 0 bridgehead atoms. The van der Waals surface area contributed by atoms with Crippen molar-refractivity contribution in [3.63, 3.8) is 0 Å². The fraction of sp³-hybridized carbons (Fsp3) is 0.615. The number of carbonyl (C=O) groups excluding carboxylic acids is 1. The molecular weight excluding hydrogens is 360 g/mol. The molecule has 162 valence electrons. The molecule has 0 aliphatic carbocycles. The van der Waals surface area contributed by atoms with E-state index >= 15 is 0 Å². The first kappa shape index (κ1) is 25.1. The molecule has 3 heteroatoms. The number of carbonyl (C=O) groups is 2. The van der Waals surface area contributed by atoms with Crippen molar-refractivity contribution in [2.24, 2.45) is 0 Å². The van der Waals surface area contributed by atoms with E-state index in [4.69, 9.17) is 5.11 Å². The van der Waals surface area contributed by atoms with Crippen molar-refractivity contribution in [3.05, 3.63) is 47.5 Å². The molecular formula is C26H40O3. The molecule has 1 N–H and O–H groups in total. The number of allylic oxidation sites excluding steroid dienone is 1. The summed E-state index contributed by atoms with van der Waals surface area (Å²) in [5.41, 5.74) is 1.77. The maximum absolute atomic E-state index is 11.8. The lowest BCUT2D eigenvalue weighted by Crippen LogP contribution is -1.97. The minimum atomic E-state index is -1.10. The quantitative estimate of drug-likeness (QED) is 0.157. The van der Waals surface area contributed by atoms with E-state index in [1.165, 1.54) is 95.5 Å². The lowest BCUT2D eigenvalue weighted by molar-refractivity contribution is -0.131. The highest BCUT2D eigenvalue weighted by Gasteiger charge is 2.03. The normalized spacial score (nSPS) is 11.2. The number of ketones is 1. The summed E-state index contributed by atoms with van der Waals surface area (Å²) in [5, 5.41) is 8.57. The van der Waals surface area contributed by atoms with Crippen molar-refractivity contribution in [3.8, 4) is 0 Å². The summed E-state index contributed by atoms with van der Waals surface area (Å²) in [6, 6.07) is 7.52. The zero-order valence-electron chi connectivity index (χ0n) is 18.3. The van der Waals surface area contributed by atoms with Crippen LogP contribution in [0.3, 0.4) is 0 Å². The lowest BCUT2D eigenvalue weighted by Gasteiger charge is -2.04. The first-order valence-corrected chi connectivity index (χ1v) is 11.7. The number of hydrogen-bond donors (Lipinski definition) is 1. The molecule has 0 amide bonds. The zero-order chi connectivity index (χ0) is 21.2. The molecule has 0 aliphatic heterocycles. The summed E-state index contributed by atoms with van der Waals surface area (Å²) >= 11 is 0. The number of carboxylic acid groups (broad SMARTS) is 1. The number of benzene rings is 1. The molecule has 1 aromatic carbocycles. The molecule has 1 rings (SSSR count). The van der Waals surface area contributed by atoms with Gasteiger partial charge in [-0.25, -0.2) is 4.79 Å². The number of aliphatic carboxylic acids is 1. The van der Waals surface area contributed by atoms with Gasteiger partial charge in [-0.1, -0.05) is 115 Å². The van der Waals surface area contributed by atoms with E-state index < -0.39 is 5.97 Å². The molecule has 1 aromatic rings. The Labute approximate surface area is 177 Å². The largest absolute Gasteiger partial charge is 0.478 e. The fourth-order valence-electron chi connectivity index (χ4n) is 3.60. The Hall–Kier alpha value is -1.90. The van der Waals surface area contributed by atoms with Gasteiger partial charge in [-0.2, -0.15) is 0 Å². The minimum Gasteiger partial charge on any atom is -0.478 e. The summed E-state index contributed by atoms with van der Waals surface area (Å²) in [6.07, 6.45) is 22.1. The summed E-state index contributed by atoms with van der Waals surface area (Å²) in [4.78, 5) is 22.3. The third-order valence-electron chi connectivity index (χ3n) is 5.43. The zero-order valence-corrected chi connectivity index (χ0v) is 18.3. The number of rotatable bonds is 18. The smallest absolute Gasteiger partial charge is 0.328 e. The van der Waals surface area contributed by atoms with Crippen LogP contribution < -0.4 is 0 Å². The molecule has 0 heterocycles. The molecule has 0 atom stereocenters. The second kappa shape index (κ2) is 17.0. The van der Waals surface area contributed by atoms with E-state index in [0.717, 1.165) is 18.6 Å². The summed E-state index contributed by atoms with van der Waals surface area (Å²) < 4.78 is 0. The van der Waals surface area contributed by atoms with Gasteiger partial charge in [-0.05, 0) is 24.5 Å². The van der Waals surface area contributed by atoms with Gasteiger partial charge in [0.2, 0.25) is 0 Å². The van der Waals surface area contributed by atoms with Crippen LogP contribution in [0.2, 0.25) is 0 Å². The van der Waals surface area contributed by atoms with Crippen LogP contribution in [0.15, 0.2) is 36.4 Å². The van der Waals surface area contributed by atoms with Crippen molar-refractivity contribution in [1.29, 1.82) is 0 Å². The molecule has 0 fully saturated rings. The molecule has 0 spiro atoms. The van der Waals surface area contributed by atoms with E-state index in [1.807, 2.05) is 12.1 Å². The Morgan fingerprint density at radius 1 is 0.690 bits per heavy atom. The number of unbranched alkanes of at least 4 members (excludes halogenated alkanes) is 13. The highest BCUT2D eigenvalue weighted by molar-refractivity contribution is 6.06. The predicted molar refractivity (Wildman–Crippen MR) is 122 cm³/mol. The van der Waals surface area contributed by atoms with Crippen molar-refractivity contribution in [2.75, 3.05) is 0 Å². The third-order valence-corrected chi connectivity index (χ3v) is 5.43. The van der Waals surface area contributed by atoms with Crippen LogP contribution in [0.25, 0.3) is 0 Å². The Morgan fingerprint density at radius 2 is 1.14 bits per heavy atom. The first-order valence-electron chi connectivity index (χ1n) is 11.7. The minimum absolute atomic E-state index is 0.268. The second-order valence-electron chi connectivity index (χ2n) is 8.08. The Kier molecular flexibility index (Phi) is 14.7. The Bertz CT molecular complexity index is 586. The Morgan fingerprint density at radius 3 is 1.59 bits per heavy atom. The highest BCUT2D eigenvalue weighted by Crippen LogP contribution is 2.14. The predicted octanol–water partition coefficient (Wildman–Crippen LogP) is 7.53. The molecule has 0 saturated heterocycles. The van der Waals surface area contributed by atoms with Crippen molar-refractivity contribution in [2.45, 2.75) is 103 Å². The SMILES string of the molecule is CCCCCCCCCCCCCCCCc1ccc(C(=O)/C=C\C(=O)O)cc1. The van der Waals surface area contributed by atoms with Gasteiger partial charge in [-0.3, -0.25) is 4.79 Å². The number of carboxylic acids is 1. The molecule has 3 nitrogen and oxygen atoms in total. The fourth-order valence-corrected chi connectivity index (χ4v) is 3.60. The third kappa shape index (κ3) is 13.8. The van der Waals surface area contributed by atoms with Crippen molar-refractivity contribution >= 4 is 11.8 Å². The van der Waals surface area contributed by atoms with Crippen LogP contribution in [-0.4, -0.2) is 16.9 Å². The van der Waals surface area contributed by atoms with E-state index in [2.05, 4.69) is 6.92 Å². The van der Waals surface area contributed by atoms with E-state index in [0.29, 0.717) is 5.56 Å². The summed E-state index contributed by atoms with van der Waals surface area (Å²) in [6.45, 7) is 2.27. The van der Waals surface area contributed by atoms with Gasteiger partial charge in [0.15, 0.2) is 5.78 Å². The number of aryl methyl sites for hydroxylation is 1. The molecule has 29 heavy (non-hydrogen) atoms. The molecule has 0 unspecified atom stereocenters. The topological polar surface area (TPSA) is 54.4 Å². The molecule has 0 aromatic heterocycles. The molecule has 0 aliphatic rings. The van der Waals surface area contributed by atoms with Gasteiger partial charge >= 0.3 is 5.97 Å². The van der Waals surface area contributed by atoms with E-state index in [1.54, 1.807) is 12.1 Å². The summed E-state index contributed by atoms with van der Waals surface area (Å²) in [7, 11) is 0. The molecule has 0 saturated carbocycles. The van der Waals surface area contributed by atoms with Crippen molar-refractivity contribution in [1.82, 2.24) is 0 Å². The maximum atomic E-state index is 11.8. The van der Waals surface area contributed by atoms with Crippen LogP contribution in [0.4, 0.5) is 0 Å². The average Bonchev–Trinajstić information content (AvgIpc) is 2.72. The van der Waals surface area contributed by atoms with Crippen molar-refractivity contribution < 1.29 is 14.7 Å². The monoisotopic (exact) mass is 400 g/mol. The highest BCUT2D eigenvalue weighted by atomic mass is 16.4. The first-order chi connectivity index (χ1) is 14.1. The average molecular weight is 401 g/mol. The van der Waals surface area contributed by atoms with Gasteiger partial charge in [0.1, 0.15) is 0 Å². The van der Waals surface area contributed by atoms with Crippen LogP contribution in [0.5, 0.6) is 0 Å². The second-order valence-corrected chi connectivity index (χ2v) is 8.08. The lowest BCUT2D eigenvalue weighted by atomic mass is 10.0. The van der Waals surface area contributed by atoms with E-state index in [-0.39, 0.29) is 5.78 Å². The van der Waals surface area contributed by atoms with Gasteiger partial charge in [-0.15, -0.1) is 0 Å². The Balaban J connectivity index is 1.98. The van der Waals surface area contributed by atoms with Crippen LogP contribution >= 0.6 is 0 Å². The standard InChI is InChI=1S/C26H40O3/c1-2-3-4-5-6-7-8-9-10-11-12-13-14-15-16-23-17-19-24(20-18-23)25(27)21-22-26(28)29/h17-22H,2-16H2,1H3,(H,28,29)/b22-21-. The molecule has 0 radical (unpaired) electrons. The van der Waals surface area contributed by atoms with Gasteiger partial charge < -0.3 is 5.11 Å². The maximum Gasteiger partial charge on any atom is 0.328 e. The number of hydrogen-bond acceptors (Lipinski definition) is 2. The van der Waals surface area contributed by atoms with Gasteiger partial charge in [0, 0.05) is 11.6 Å². The van der Waals surface area contributed by atoms with Gasteiger partial charge in [0.25, 0.3) is 0 Å².